The fourth-order valence-corrected chi connectivity index (χ4v) is 3.39. The molecule has 0 radical (unpaired) electrons. The molecule has 7 heteroatoms. The van der Waals surface area contributed by atoms with Gasteiger partial charge in [-0.15, -0.1) is 0 Å². The van der Waals surface area contributed by atoms with Crippen LogP contribution in [-0.4, -0.2) is 46.8 Å². The molecule has 27 heavy (non-hydrogen) atoms. The molecule has 2 aromatic rings. The number of nitrogens with zero attached hydrogens (tertiary/aromatic N) is 3. The summed E-state index contributed by atoms with van der Waals surface area (Å²) in [5, 5.41) is 7.59. The van der Waals surface area contributed by atoms with Crippen molar-refractivity contribution in [2.45, 2.75) is 39.8 Å². The summed E-state index contributed by atoms with van der Waals surface area (Å²) in [4.78, 5) is 25.2. The Kier molecular flexibility index (Phi) is 5.91. The first-order valence-electron chi connectivity index (χ1n) is 9.28. The minimum absolute atomic E-state index is 0.0926. The number of carbonyl (C=O) groups is 2. The van der Waals surface area contributed by atoms with Gasteiger partial charge in [-0.2, -0.15) is 5.10 Å². The lowest BCUT2D eigenvalue weighted by Gasteiger charge is -2.23. The monoisotopic (exact) mass is 370 g/mol. The molecule has 1 amide bonds. The average Bonchev–Trinajstić information content (AvgIpc) is 2.98. The predicted molar refractivity (Wildman–Crippen MR) is 103 cm³/mol. The molecule has 3 rings (SSSR count). The molecule has 1 aromatic heterocycles. The van der Waals surface area contributed by atoms with E-state index in [1.807, 2.05) is 35.9 Å². The third-order valence-electron chi connectivity index (χ3n) is 4.64. The van der Waals surface area contributed by atoms with Crippen molar-refractivity contribution in [2.24, 2.45) is 0 Å². The molecule has 0 fully saturated rings. The molecule has 0 bridgehead atoms. The Morgan fingerprint density at radius 3 is 2.67 bits per heavy atom. The highest BCUT2D eigenvalue weighted by Gasteiger charge is 2.24. The molecule has 0 aliphatic carbocycles. The van der Waals surface area contributed by atoms with E-state index >= 15 is 0 Å². The van der Waals surface area contributed by atoms with Gasteiger partial charge in [-0.1, -0.05) is 12.1 Å². The molecule has 1 aliphatic heterocycles. The Bertz CT molecular complexity index is 826. The van der Waals surface area contributed by atoms with Crippen LogP contribution in [0.15, 0.2) is 24.3 Å². The highest BCUT2D eigenvalue weighted by molar-refractivity contribution is 5.89. The van der Waals surface area contributed by atoms with Crippen LogP contribution in [0.4, 0.5) is 5.69 Å². The lowest BCUT2D eigenvalue weighted by molar-refractivity contribution is -0.143. The van der Waals surface area contributed by atoms with Crippen LogP contribution in [0.3, 0.4) is 0 Å². The summed E-state index contributed by atoms with van der Waals surface area (Å²) in [5.74, 6) is -0.291. The van der Waals surface area contributed by atoms with Gasteiger partial charge in [-0.3, -0.25) is 14.3 Å². The summed E-state index contributed by atoms with van der Waals surface area (Å²) in [6.07, 6.45) is 1.23. The Hall–Kier alpha value is -2.67. The highest BCUT2D eigenvalue weighted by Crippen LogP contribution is 2.30. The Morgan fingerprint density at radius 2 is 2.00 bits per heavy atom. The molecule has 0 atom stereocenters. The van der Waals surface area contributed by atoms with Gasteiger partial charge in [0.25, 0.3) is 0 Å². The molecule has 7 nitrogen and oxygen atoms in total. The number of hydrogen-bond acceptors (Lipinski definition) is 5. The third-order valence-corrected chi connectivity index (χ3v) is 4.64. The van der Waals surface area contributed by atoms with Crippen LogP contribution in [-0.2, 0) is 33.8 Å². The van der Waals surface area contributed by atoms with Crippen molar-refractivity contribution in [1.29, 1.82) is 0 Å². The van der Waals surface area contributed by atoms with Crippen molar-refractivity contribution < 1.29 is 14.3 Å². The first-order chi connectivity index (χ1) is 13.0. The van der Waals surface area contributed by atoms with Crippen molar-refractivity contribution in [3.8, 4) is 11.3 Å². The van der Waals surface area contributed by atoms with E-state index in [-0.39, 0.29) is 11.9 Å². The summed E-state index contributed by atoms with van der Waals surface area (Å²) < 4.78 is 6.99. The van der Waals surface area contributed by atoms with Crippen LogP contribution in [0.2, 0.25) is 0 Å². The minimum Gasteiger partial charge on any atom is -0.466 e. The van der Waals surface area contributed by atoms with Crippen molar-refractivity contribution in [1.82, 2.24) is 14.7 Å². The number of nitrogens with one attached hydrogen (secondary N) is 1. The summed E-state index contributed by atoms with van der Waals surface area (Å²) in [6, 6.07) is 7.71. The number of rotatable bonds is 6. The van der Waals surface area contributed by atoms with Gasteiger partial charge < -0.3 is 15.0 Å². The number of carbonyl (C=O) groups excluding carboxylic acids is 2. The largest absolute Gasteiger partial charge is 0.466 e. The average molecular weight is 370 g/mol. The normalized spacial score (nSPS) is 13.9. The second kappa shape index (κ2) is 8.35. The van der Waals surface area contributed by atoms with E-state index in [1.54, 1.807) is 0 Å². The molecule has 144 valence electrons. The van der Waals surface area contributed by atoms with Crippen LogP contribution in [0.5, 0.6) is 0 Å². The quantitative estimate of drug-likeness (QED) is 0.791. The molecule has 0 unspecified atom stereocenters. The zero-order chi connectivity index (χ0) is 19.4. The first kappa shape index (κ1) is 19.1. The molecule has 1 aliphatic rings. The van der Waals surface area contributed by atoms with E-state index in [0.717, 1.165) is 36.5 Å². The van der Waals surface area contributed by atoms with Gasteiger partial charge in [0.2, 0.25) is 5.91 Å². The Balaban J connectivity index is 1.88. The van der Waals surface area contributed by atoms with E-state index in [4.69, 9.17) is 9.84 Å². The maximum atomic E-state index is 11.7. The van der Waals surface area contributed by atoms with E-state index < -0.39 is 0 Å². The Labute approximate surface area is 159 Å². The second-order valence-electron chi connectivity index (χ2n) is 6.80. The number of aromatic nitrogens is 2. The van der Waals surface area contributed by atoms with Gasteiger partial charge >= 0.3 is 5.97 Å². The number of amides is 1. The van der Waals surface area contributed by atoms with Crippen LogP contribution in [0.1, 0.15) is 31.5 Å². The number of likely N-dealkylation sites (N-methyl/N-ethyl adjacent to an activating group) is 1. The van der Waals surface area contributed by atoms with Gasteiger partial charge in [0.15, 0.2) is 0 Å². The van der Waals surface area contributed by atoms with Gasteiger partial charge in [-0.25, -0.2) is 0 Å². The number of benzene rings is 1. The lowest BCUT2D eigenvalue weighted by atomic mass is 10.0. The number of aryl methyl sites for hydroxylation is 1. The fraction of sp³-hybridized carbons (Fsp3) is 0.450. The van der Waals surface area contributed by atoms with Crippen molar-refractivity contribution in [3.05, 3.63) is 35.5 Å². The van der Waals surface area contributed by atoms with Crippen LogP contribution < -0.4 is 5.32 Å². The predicted octanol–water partition coefficient (Wildman–Crippen LogP) is 2.45. The van der Waals surface area contributed by atoms with E-state index in [0.29, 0.717) is 19.6 Å². The molecular formula is C20H26N4O3. The van der Waals surface area contributed by atoms with E-state index in [9.17, 15) is 9.59 Å². The molecule has 1 N–H and O–H groups in total. The van der Waals surface area contributed by atoms with Crippen LogP contribution >= 0.6 is 0 Å². The molecular weight excluding hydrogens is 344 g/mol. The van der Waals surface area contributed by atoms with Gasteiger partial charge in [-0.05, 0) is 26.1 Å². The zero-order valence-corrected chi connectivity index (χ0v) is 16.1. The van der Waals surface area contributed by atoms with Crippen LogP contribution in [0, 0.1) is 0 Å². The van der Waals surface area contributed by atoms with Gasteiger partial charge in [0, 0.05) is 48.9 Å². The standard InChI is InChI=1S/C20H26N4O3/c1-4-27-19(26)10-12-24-18-9-11-23(3)13-17(18)20(22-24)15-5-7-16(8-6-15)21-14(2)25/h5-8H,4,9-13H2,1-3H3,(H,21,25). The summed E-state index contributed by atoms with van der Waals surface area (Å²) in [6.45, 7) is 6.02. The second-order valence-corrected chi connectivity index (χ2v) is 6.80. The maximum Gasteiger partial charge on any atom is 0.307 e. The van der Waals surface area contributed by atoms with E-state index in [1.165, 1.54) is 18.2 Å². The topological polar surface area (TPSA) is 76.5 Å². The first-order valence-corrected chi connectivity index (χ1v) is 9.28. The number of ether oxygens (including phenoxy) is 1. The SMILES string of the molecule is CCOC(=O)CCn1nc(-c2ccc(NC(C)=O)cc2)c2c1CCN(C)C2. The highest BCUT2D eigenvalue weighted by atomic mass is 16.5. The van der Waals surface area contributed by atoms with Gasteiger partial charge in [0.1, 0.15) is 0 Å². The Morgan fingerprint density at radius 1 is 1.26 bits per heavy atom. The maximum absolute atomic E-state index is 11.7. The number of anilines is 1. The third kappa shape index (κ3) is 4.54. The summed E-state index contributed by atoms with van der Waals surface area (Å²) in [7, 11) is 2.10. The minimum atomic E-state index is -0.198. The molecule has 1 aromatic carbocycles. The molecule has 0 saturated heterocycles. The summed E-state index contributed by atoms with van der Waals surface area (Å²) >= 11 is 0. The van der Waals surface area contributed by atoms with Crippen molar-refractivity contribution in [2.75, 3.05) is 25.5 Å². The van der Waals surface area contributed by atoms with E-state index in [2.05, 4.69) is 17.3 Å². The molecule has 0 saturated carbocycles. The number of esters is 1. The molecule has 2 heterocycles. The molecule has 0 spiro atoms. The fourth-order valence-electron chi connectivity index (χ4n) is 3.39. The van der Waals surface area contributed by atoms with Gasteiger partial charge in [0.05, 0.1) is 25.3 Å². The zero-order valence-electron chi connectivity index (χ0n) is 16.1. The lowest BCUT2D eigenvalue weighted by Crippen LogP contribution is -2.27. The van der Waals surface area contributed by atoms with Crippen molar-refractivity contribution in [3.63, 3.8) is 0 Å². The number of hydrogen-bond donors (Lipinski definition) is 1. The number of fused-ring (bicyclic) bond motifs is 1. The van der Waals surface area contributed by atoms with Crippen LogP contribution in [0.25, 0.3) is 11.3 Å². The summed E-state index contributed by atoms with van der Waals surface area (Å²) in [5.41, 5.74) is 5.11. The smallest absolute Gasteiger partial charge is 0.307 e. The van der Waals surface area contributed by atoms with Crippen molar-refractivity contribution >= 4 is 17.6 Å².